The zero-order chi connectivity index (χ0) is 27.4. The van der Waals surface area contributed by atoms with Crippen molar-refractivity contribution in [1.82, 2.24) is 0 Å². The fourth-order valence-corrected chi connectivity index (χ4v) is 13.1. The molecule has 0 bridgehead atoms. The van der Waals surface area contributed by atoms with Gasteiger partial charge in [0.15, 0.2) is 16.6 Å². The number of rotatable bonds is 9. The molecule has 2 nitrogen and oxygen atoms in total. The molecule has 4 aliphatic carbocycles. The Morgan fingerprint density at radius 3 is 2.30 bits per heavy atom. The van der Waals surface area contributed by atoms with Crippen molar-refractivity contribution < 1.29 is 8.85 Å². The second-order valence-corrected chi connectivity index (χ2v) is 25.8. The summed E-state index contributed by atoms with van der Waals surface area (Å²) in [6, 6.07) is 0. The van der Waals surface area contributed by atoms with E-state index in [4.69, 9.17) is 8.85 Å². The van der Waals surface area contributed by atoms with Gasteiger partial charge in [-0.25, -0.2) is 0 Å². The maximum Gasteiger partial charge on any atom is 0.184 e. The van der Waals surface area contributed by atoms with Crippen molar-refractivity contribution >= 4 is 16.6 Å². The van der Waals surface area contributed by atoms with Gasteiger partial charge in [-0.15, -0.1) is 0 Å². The van der Waals surface area contributed by atoms with Gasteiger partial charge >= 0.3 is 0 Å². The number of allylic oxidation sites excluding steroid dienone is 1. The van der Waals surface area contributed by atoms with Gasteiger partial charge in [0.1, 0.15) is 0 Å². The maximum absolute atomic E-state index is 6.60. The summed E-state index contributed by atoms with van der Waals surface area (Å²) >= 11 is 0. The van der Waals surface area contributed by atoms with E-state index in [1.165, 1.54) is 70.6 Å². The van der Waals surface area contributed by atoms with Crippen molar-refractivity contribution in [3.05, 3.63) is 11.6 Å². The Hall–Kier alpha value is 0.0938. The van der Waals surface area contributed by atoms with Gasteiger partial charge in [-0.3, -0.25) is 0 Å². The van der Waals surface area contributed by atoms with Crippen LogP contribution >= 0.6 is 0 Å². The van der Waals surface area contributed by atoms with Crippen LogP contribution in [-0.2, 0) is 8.85 Å². The molecule has 4 aliphatic rings. The molecule has 0 spiro atoms. The van der Waals surface area contributed by atoms with E-state index in [1.54, 1.807) is 5.57 Å². The highest BCUT2D eigenvalue weighted by Crippen LogP contribution is 2.67. The zero-order valence-electron chi connectivity index (χ0n) is 26.6. The second kappa shape index (κ2) is 10.5. The molecule has 4 rings (SSSR count). The first-order valence-electron chi connectivity index (χ1n) is 16.0. The lowest BCUT2D eigenvalue weighted by molar-refractivity contribution is -0.0565. The maximum atomic E-state index is 6.60. The highest BCUT2D eigenvalue weighted by Gasteiger charge is 2.59. The molecular formula is C33H62O2Si2. The number of hydrogen-bond acceptors (Lipinski definition) is 2. The molecule has 0 aromatic rings. The van der Waals surface area contributed by atoms with Crippen LogP contribution in [0.2, 0.25) is 39.3 Å². The minimum Gasteiger partial charge on any atom is -0.414 e. The van der Waals surface area contributed by atoms with Crippen LogP contribution in [-0.4, -0.2) is 28.3 Å². The van der Waals surface area contributed by atoms with Crippen molar-refractivity contribution in [2.24, 2.45) is 40.4 Å². The summed E-state index contributed by atoms with van der Waals surface area (Å²) < 4.78 is 13.1. The summed E-state index contributed by atoms with van der Waals surface area (Å²) in [5.74, 6) is 4.53. The predicted molar refractivity (Wildman–Crippen MR) is 165 cm³/mol. The molecule has 0 saturated heterocycles. The number of hydrogen-bond donors (Lipinski definition) is 0. The van der Waals surface area contributed by atoms with Crippen LogP contribution in [0, 0.1) is 40.4 Å². The van der Waals surface area contributed by atoms with Crippen LogP contribution in [0.4, 0.5) is 0 Å². The van der Waals surface area contributed by atoms with Crippen LogP contribution < -0.4 is 0 Å². The molecule has 0 aromatic carbocycles. The molecule has 0 aliphatic heterocycles. The minimum absolute atomic E-state index is 0.0328. The van der Waals surface area contributed by atoms with Crippen LogP contribution in [0.3, 0.4) is 0 Å². The topological polar surface area (TPSA) is 18.5 Å². The Labute approximate surface area is 233 Å². The van der Waals surface area contributed by atoms with Crippen molar-refractivity contribution in [3.63, 3.8) is 0 Å². The highest BCUT2D eigenvalue weighted by atomic mass is 28.4. The van der Waals surface area contributed by atoms with E-state index in [-0.39, 0.29) is 5.60 Å². The summed E-state index contributed by atoms with van der Waals surface area (Å²) in [4.78, 5) is 0. The Kier molecular flexibility index (Phi) is 8.52. The predicted octanol–water partition coefficient (Wildman–Crippen LogP) is 10.2. The Morgan fingerprint density at radius 2 is 1.65 bits per heavy atom. The molecular weight excluding hydrogens is 485 g/mol. The molecule has 0 radical (unpaired) electrons. The van der Waals surface area contributed by atoms with Gasteiger partial charge in [0.25, 0.3) is 0 Å². The molecule has 4 heteroatoms. The van der Waals surface area contributed by atoms with Gasteiger partial charge < -0.3 is 8.85 Å². The highest BCUT2D eigenvalue weighted by molar-refractivity contribution is 6.70. The standard InChI is InChI=1S/C33H62O2Si2/c1-24(13-12-20-31(2,3)35-37(9,10)11)28-16-17-29-27-15-14-25-23-26(34-36(6,7)8)18-21-32(25,4)30(27)19-22-33(28,29)5/h14,24,26-30H,12-13,15-23H2,1-11H3/t24-,26?,27+,28-,29+,30+,32+,33-/m1/s1. The molecule has 3 fully saturated rings. The number of fused-ring (bicyclic) bond motifs is 5. The lowest BCUT2D eigenvalue weighted by Crippen LogP contribution is -2.51. The first-order chi connectivity index (χ1) is 16.9. The van der Waals surface area contributed by atoms with Crippen molar-refractivity contribution in [2.45, 2.75) is 156 Å². The third-order valence-electron chi connectivity index (χ3n) is 11.4. The molecule has 214 valence electrons. The quantitative estimate of drug-likeness (QED) is 0.211. The van der Waals surface area contributed by atoms with E-state index in [1.807, 2.05) is 0 Å². The Bertz CT molecular complexity index is 836. The van der Waals surface area contributed by atoms with Gasteiger partial charge in [0.05, 0.1) is 5.60 Å². The molecule has 0 heterocycles. The average molecular weight is 547 g/mol. The summed E-state index contributed by atoms with van der Waals surface area (Å²) in [5.41, 5.74) is 2.81. The lowest BCUT2D eigenvalue weighted by atomic mass is 9.47. The third-order valence-corrected chi connectivity index (χ3v) is 13.6. The van der Waals surface area contributed by atoms with E-state index in [0.717, 1.165) is 29.6 Å². The first-order valence-corrected chi connectivity index (χ1v) is 22.8. The normalized spacial score (nSPS) is 39.4. The lowest BCUT2D eigenvalue weighted by Gasteiger charge is -2.58. The molecule has 0 amide bonds. The Balaban J connectivity index is 1.39. The molecule has 37 heavy (non-hydrogen) atoms. The van der Waals surface area contributed by atoms with Crippen molar-refractivity contribution in [2.75, 3.05) is 0 Å². The molecule has 0 N–H and O–H groups in total. The van der Waals surface area contributed by atoms with E-state index >= 15 is 0 Å². The van der Waals surface area contributed by atoms with Crippen molar-refractivity contribution in [1.29, 1.82) is 0 Å². The molecule has 1 unspecified atom stereocenters. The van der Waals surface area contributed by atoms with Crippen LogP contribution in [0.25, 0.3) is 0 Å². The van der Waals surface area contributed by atoms with E-state index in [2.05, 4.69) is 80.0 Å². The Morgan fingerprint density at radius 1 is 0.946 bits per heavy atom. The SMILES string of the molecule is C[C@H](CCCC(C)(C)O[Si](C)(C)C)[C@H]1CC[C@H]2[C@@H]3CC=C4CC(O[Si](C)(C)C)CC[C@]4(C)[C@H]3CC[C@]12C. The second-order valence-electron chi connectivity index (χ2n) is 16.9. The fraction of sp³-hybridized carbons (Fsp3) is 0.939. The van der Waals surface area contributed by atoms with Gasteiger partial charge in [-0.2, -0.15) is 0 Å². The zero-order valence-corrected chi connectivity index (χ0v) is 28.6. The third kappa shape index (κ3) is 6.54. The largest absolute Gasteiger partial charge is 0.414 e. The van der Waals surface area contributed by atoms with Crippen molar-refractivity contribution in [3.8, 4) is 0 Å². The molecule has 8 atom stereocenters. The summed E-state index contributed by atoms with van der Waals surface area (Å²) in [6.45, 7) is 26.6. The monoisotopic (exact) mass is 546 g/mol. The van der Waals surface area contributed by atoms with Crippen LogP contribution in [0.5, 0.6) is 0 Å². The smallest absolute Gasteiger partial charge is 0.184 e. The van der Waals surface area contributed by atoms with Gasteiger partial charge in [-0.1, -0.05) is 45.3 Å². The van der Waals surface area contributed by atoms with E-state index in [0.29, 0.717) is 16.9 Å². The van der Waals surface area contributed by atoms with Gasteiger partial charge in [0.2, 0.25) is 0 Å². The molecule has 0 aromatic heterocycles. The summed E-state index contributed by atoms with van der Waals surface area (Å²) in [5, 5.41) is 0. The van der Waals surface area contributed by atoms with Gasteiger partial charge in [-0.05, 0) is 151 Å². The summed E-state index contributed by atoms with van der Waals surface area (Å²) in [7, 11) is -2.96. The van der Waals surface area contributed by atoms with E-state index in [9.17, 15) is 0 Å². The molecule has 3 saturated carbocycles. The average Bonchev–Trinajstić information content (AvgIpc) is 3.08. The first kappa shape index (κ1) is 30.1. The fourth-order valence-electron chi connectivity index (χ4n) is 10.1. The van der Waals surface area contributed by atoms with Gasteiger partial charge in [0, 0.05) is 6.10 Å². The van der Waals surface area contributed by atoms with Crippen LogP contribution in [0.1, 0.15) is 105 Å². The van der Waals surface area contributed by atoms with E-state index < -0.39 is 16.6 Å². The summed E-state index contributed by atoms with van der Waals surface area (Å²) in [6.07, 6.45) is 18.2. The minimum atomic E-state index is -1.49. The van der Waals surface area contributed by atoms with Crippen LogP contribution in [0.15, 0.2) is 11.6 Å².